The Morgan fingerprint density at radius 2 is 1.89 bits per heavy atom. The van der Waals surface area contributed by atoms with Crippen LogP contribution in [-0.4, -0.2) is 28.9 Å². The van der Waals surface area contributed by atoms with Crippen molar-refractivity contribution in [3.63, 3.8) is 0 Å². The molecule has 1 heterocycles. The van der Waals surface area contributed by atoms with Gasteiger partial charge in [-0.05, 0) is 19.8 Å². The Bertz CT molecular complexity index is 95.2. The van der Waals surface area contributed by atoms with E-state index in [1.54, 1.807) is 6.92 Å². The van der Waals surface area contributed by atoms with Crippen LogP contribution in [0.15, 0.2) is 0 Å². The zero-order chi connectivity index (χ0) is 6.91. The lowest BCUT2D eigenvalue weighted by atomic mass is 9.95. The summed E-state index contributed by atoms with van der Waals surface area (Å²) < 4.78 is 12.2. The summed E-state index contributed by atoms with van der Waals surface area (Å²) in [5.74, 6) is 0. The summed E-state index contributed by atoms with van der Waals surface area (Å²) in [6.07, 6.45) is 1.09. The van der Waals surface area contributed by atoms with Gasteiger partial charge in [0.2, 0.25) is 0 Å². The van der Waals surface area contributed by atoms with Gasteiger partial charge in [0.25, 0.3) is 0 Å². The smallest absolute Gasteiger partial charge is 0.0646 e. The lowest BCUT2D eigenvalue weighted by Crippen LogP contribution is -2.38. The fourth-order valence-electron chi connectivity index (χ4n) is 0.961. The highest BCUT2D eigenvalue weighted by Crippen LogP contribution is 2.20. The highest BCUT2D eigenvalue weighted by molar-refractivity contribution is 4.78. The van der Waals surface area contributed by atoms with E-state index in [2.05, 4.69) is 0 Å². The second-order valence-corrected chi connectivity index (χ2v) is 2.91. The number of nitrogens with zero attached hydrogens (tertiary/aromatic N) is 1. The highest BCUT2D eigenvalue weighted by atomic mass is 19.2. The molecule has 3 heteroatoms. The molecule has 0 aromatic heterocycles. The maximum atomic E-state index is 12.2. The minimum Gasteiger partial charge on any atom is -0.390 e. The van der Waals surface area contributed by atoms with Gasteiger partial charge in [-0.3, -0.25) is 0 Å². The summed E-state index contributed by atoms with van der Waals surface area (Å²) in [6.45, 7) is 2.49. The summed E-state index contributed by atoms with van der Waals surface area (Å²) in [7, 11) is 0. The molecule has 1 rings (SSSR count). The van der Waals surface area contributed by atoms with E-state index >= 15 is 0 Å². The normalized spacial score (nSPS) is 28.3. The minimum absolute atomic E-state index is 0.368. The van der Waals surface area contributed by atoms with E-state index in [1.165, 1.54) is 0 Å². The second kappa shape index (κ2) is 2.23. The molecule has 1 aliphatic heterocycles. The second-order valence-electron chi connectivity index (χ2n) is 2.91. The van der Waals surface area contributed by atoms with Crippen LogP contribution < -0.4 is 0 Å². The monoisotopic (exact) mass is 133 g/mol. The van der Waals surface area contributed by atoms with Crippen molar-refractivity contribution in [3.8, 4) is 0 Å². The highest BCUT2D eigenvalue weighted by Gasteiger charge is 2.26. The Hall–Kier alpha value is -0.150. The van der Waals surface area contributed by atoms with E-state index in [4.69, 9.17) is 0 Å². The maximum absolute atomic E-state index is 12.2. The zero-order valence-electron chi connectivity index (χ0n) is 5.60. The molecule has 0 unspecified atom stereocenters. The van der Waals surface area contributed by atoms with Crippen molar-refractivity contribution in [1.29, 1.82) is 0 Å². The SMILES string of the molecule is CC1(O)CCN(F)CC1. The lowest BCUT2D eigenvalue weighted by molar-refractivity contribution is -0.0739. The van der Waals surface area contributed by atoms with Gasteiger partial charge in [-0.15, -0.1) is 9.60 Å². The van der Waals surface area contributed by atoms with Gasteiger partial charge >= 0.3 is 0 Å². The Morgan fingerprint density at radius 3 is 2.22 bits per heavy atom. The van der Waals surface area contributed by atoms with Crippen LogP contribution >= 0.6 is 0 Å². The minimum atomic E-state index is -0.622. The number of hydrogen-bond acceptors (Lipinski definition) is 2. The van der Waals surface area contributed by atoms with Gasteiger partial charge in [-0.1, -0.05) is 0 Å². The largest absolute Gasteiger partial charge is 0.390 e. The van der Waals surface area contributed by atoms with Gasteiger partial charge in [0, 0.05) is 13.1 Å². The molecule has 0 amide bonds. The van der Waals surface area contributed by atoms with Crippen LogP contribution in [0.25, 0.3) is 0 Å². The van der Waals surface area contributed by atoms with Crippen LogP contribution in [0.3, 0.4) is 0 Å². The number of piperidine rings is 1. The molecule has 0 spiro atoms. The van der Waals surface area contributed by atoms with Crippen molar-refractivity contribution in [2.75, 3.05) is 13.1 Å². The molecule has 0 radical (unpaired) electrons. The van der Waals surface area contributed by atoms with E-state index in [-0.39, 0.29) is 0 Å². The predicted octanol–water partition coefficient (Wildman–Crippen LogP) is 0.718. The van der Waals surface area contributed by atoms with Gasteiger partial charge < -0.3 is 5.11 Å². The molecule has 0 saturated carbocycles. The molecule has 0 aromatic carbocycles. The first-order valence-electron chi connectivity index (χ1n) is 3.23. The molecule has 1 fully saturated rings. The molecule has 0 atom stereocenters. The Morgan fingerprint density at radius 1 is 1.44 bits per heavy atom. The summed E-state index contributed by atoms with van der Waals surface area (Å²) in [4.78, 5) is 0. The average molecular weight is 133 g/mol. The van der Waals surface area contributed by atoms with Crippen LogP contribution in [0.5, 0.6) is 0 Å². The molecule has 1 N–H and O–H groups in total. The van der Waals surface area contributed by atoms with Crippen LogP contribution in [0.2, 0.25) is 0 Å². The summed E-state index contributed by atoms with van der Waals surface area (Å²) in [5.41, 5.74) is -0.622. The molecule has 0 bridgehead atoms. The molecule has 54 valence electrons. The Balaban J connectivity index is 2.35. The van der Waals surface area contributed by atoms with Gasteiger partial charge in [-0.2, -0.15) is 0 Å². The van der Waals surface area contributed by atoms with Crippen molar-refractivity contribution in [2.45, 2.75) is 25.4 Å². The molecule has 0 aromatic rings. The van der Waals surface area contributed by atoms with Crippen molar-refractivity contribution in [1.82, 2.24) is 5.12 Å². The summed E-state index contributed by atoms with van der Waals surface area (Å²) in [6, 6.07) is 0. The van der Waals surface area contributed by atoms with E-state index < -0.39 is 5.60 Å². The number of hydrogen-bond donors (Lipinski definition) is 1. The van der Waals surface area contributed by atoms with Crippen molar-refractivity contribution in [3.05, 3.63) is 0 Å². The Labute approximate surface area is 54.2 Å². The average Bonchev–Trinajstić information content (AvgIpc) is 1.78. The first-order chi connectivity index (χ1) is 4.10. The molecule has 2 nitrogen and oxygen atoms in total. The Kier molecular flexibility index (Phi) is 1.73. The maximum Gasteiger partial charge on any atom is 0.0646 e. The fourth-order valence-corrected chi connectivity index (χ4v) is 0.961. The number of aliphatic hydroxyl groups is 1. The number of rotatable bonds is 0. The third-order valence-electron chi connectivity index (χ3n) is 1.79. The van der Waals surface area contributed by atoms with Crippen LogP contribution in [0.4, 0.5) is 4.48 Å². The van der Waals surface area contributed by atoms with Gasteiger partial charge in [0.1, 0.15) is 0 Å². The van der Waals surface area contributed by atoms with Crippen LogP contribution in [0, 0.1) is 0 Å². The van der Waals surface area contributed by atoms with Crippen molar-refractivity contribution in [2.24, 2.45) is 0 Å². The molecule has 0 aliphatic carbocycles. The standard InChI is InChI=1S/C6H12FNO/c1-6(9)2-4-8(7)5-3-6/h9H,2-5H2,1H3. The third-order valence-corrected chi connectivity index (χ3v) is 1.79. The molecule has 9 heavy (non-hydrogen) atoms. The van der Waals surface area contributed by atoms with E-state index in [9.17, 15) is 9.59 Å². The number of halogens is 1. The molecular weight excluding hydrogens is 121 g/mol. The van der Waals surface area contributed by atoms with Crippen molar-refractivity contribution >= 4 is 0 Å². The quantitative estimate of drug-likeness (QED) is 0.492. The molecular formula is C6H12FNO. The first-order valence-corrected chi connectivity index (χ1v) is 3.23. The fraction of sp³-hybridized carbons (Fsp3) is 1.00. The zero-order valence-corrected chi connectivity index (χ0v) is 5.60. The first kappa shape index (κ1) is 6.96. The molecule has 1 aliphatic rings. The summed E-state index contributed by atoms with van der Waals surface area (Å²) >= 11 is 0. The summed E-state index contributed by atoms with van der Waals surface area (Å²) in [5, 5.41) is 10.0. The lowest BCUT2D eigenvalue weighted by Gasteiger charge is -2.30. The van der Waals surface area contributed by atoms with E-state index in [1.807, 2.05) is 0 Å². The van der Waals surface area contributed by atoms with Crippen LogP contribution in [0.1, 0.15) is 19.8 Å². The predicted molar refractivity (Wildman–Crippen MR) is 32.5 cm³/mol. The third kappa shape index (κ3) is 1.91. The van der Waals surface area contributed by atoms with E-state index in [0.717, 1.165) is 5.12 Å². The van der Waals surface area contributed by atoms with Gasteiger partial charge in [0.15, 0.2) is 0 Å². The van der Waals surface area contributed by atoms with Crippen LogP contribution in [-0.2, 0) is 0 Å². The van der Waals surface area contributed by atoms with E-state index in [0.29, 0.717) is 25.9 Å². The van der Waals surface area contributed by atoms with Gasteiger partial charge in [0.05, 0.1) is 5.60 Å². The van der Waals surface area contributed by atoms with Crippen molar-refractivity contribution < 1.29 is 9.59 Å². The van der Waals surface area contributed by atoms with Gasteiger partial charge in [-0.25, -0.2) is 0 Å². The molecule has 1 saturated heterocycles. The topological polar surface area (TPSA) is 23.5 Å².